The van der Waals surface area contributed by atoms with Gasteiger partial charge in [0.2, 0.25) is 5.91 Å². The Bertz CT molecular complexity index is 349. The first kappa shape index (κ1) is 14.6. The molecule has 0 aliphatic heterocycles. The van der Waals surface area contributed by atoms with Gasteiger partial charge in [-0.05, 0) is 32.9 Å². The van der Waals surface area contributed by atoms with Crippen LogP contribution in [-0.4, -0.2) is 41.5 Å². The molecule has 1 amide bonds. The van der Waals surface area contributed by atoms with Crippen molar-refractivity contribution in [2.45, 2.75) is 33.2 Å². The summed E-state index contributed by atoms with van der Waals surface area (Å²) >= 11 is 0. The van der Waals surface area contributed by atoms with E-state index >= 15 is 0 Å². The standard InChI is InChI=1S/C14H23N3O/c1-4-17(5-2)14(18)12(3)15-11-9-13-8-6-7-10-16-13/h6-8,10,12,15H,4-5,9,11H2,1-3H3. The Morgan fingerprint density at radius 1 is 1.39 bits per heavy atom. The Balaban J connectivity index is 2.33. The molecule has 0 spiro atoms. The topological polar surface area (TPSA) is 45.2 Å². The lowest BCUT2D eigenvalue weighted by Gasteiger charge is -2.23. The number of amides is 1. The molecule has 1 aromatic heterocycles. The van der Waals surface area contributed by atoms with E-state index in [-0.39, 0.29) is 11.9 Å². The highest BCUT2D eigenvalue weighted by molar-refractivity contribution is 5.81. The number of rotatable bonds is 7. The van der Waals surface area contributed by atoms with E-state index in [2.05, 4.69) is 10.3 Å². The number of nitrogens with one attached hydrogen (secondary N) is 1. The van der Waals surface area contributed by atoms with Crippen LogP contribution in [0.15, 0.2) is 24.4 Å². The van der Waals surface area contributed by atoms with Gasteiger partial charge in [0.15, 0.2) is 0 Å². The maximum absolute atomic E-state index is 12.0. The third-order valence-electron chi connectivity index (χ3n) is 3.00. The summed E-state index contributed by atoms with van der Waals surface area (Å²) in [4.78, 5) is 18.1. The van der Waals surface area contributed by atoms with E-state index in [4.69, 9.17) is 0 Å². The van der Waals surface area contributed by atoms with Crippen molar-refractivity contribution in [1.29, 1.82) is 0 Å². The molecule has 1 aromatic rings. The van der Waals surface area contributed by atoms with Crippen LogP contribution in [0, 0.1) is 0 Å². The van der Waals surface area contributed by atoms with Crippen molar-refractivity contribution in [3.05, 3.63) is 30.1 Å². The van der Waals surface area contributed by atoms with Crippen LogP contribution in [0.1, 0.15) is 26.5 Å². The van der Waals surface area contributed by atoms with E-state index in [0.29, 0.717) is 0 Å². The van der Waals surface area contributed by atoms with Gasteiger partial charge in [0.1, 0.15) is 0 Å². The van der Waals surface area contributed by atoms with Crippen LogP contribution in [0.5, 0.6) is 0 Å². The molecule has 4 nitrogen and oxygen atoms in total. The van der Waals surface area contributed by atoms with Crippen LogP contribution in [0.25, 0.3) is 0 Å². The molecule has 0 fully saturated rings. The average molecular weight is 249 g/mol. The van der Waals surface area contributed by atoms with E-state index in [9.17, 15) is 4.79 Å². The number of carbonyl (C=O) groups excluding carboxylic acids is 1. The molecule has 0 aliphatic rings. The SMILES string of the molecule is CCN(CC)C(=O)C(C)NCCc1ccccn1. The highest BCUT2D eigenvalue weighted by atomic mass is 16.2. The fraction of sp³-hybridized carbons (Fsp3) is 0.571. The molecule has 100 valence electrons. The third kappa shape index (κ3) is 4.45. The van der Waals surface area contributed by atoms with Crippen molar-refractivity contribution < 1.29 is 4.79 Å². The summed E-state index contributed by atoms with van der Waals surface area (Å²) in [6.07, 6.45) is 2.64. The van der Waals surface area contributed by atoms with Gasteiger partial charge in [0.05, 0.1) is 6.04 Å². The Kier molecular flexibility index (Phi) is 6.36. The van der Waals surface area contributed by atoms with Gasteiger partial charge in [-0.3, -0.25) is 9.78 Å². The molecule has 1 heterocycles. The predicted octanol–water partition coefficient (Wildman–Crippen LogP) is 1.47. The molecular weight excluding hydrogens is 226 g/mol. The van der Waals surface area contributed by atoms with Gasteiger partial charge >= 0.3 is 0 Å². The zero-order valence-electron chi connectivity index (χ0n) is 11.5. The second-order valence-electron chi connectivity index (χ2n) is 4.26. The maximum Gasteiger partial charge on any atom is 0.239 e. The Morgan fingerprint density at radius 2 is 2.11 bits per heavy atom. The number of carbonyl (C=O) groups is 1. The zero-order valence-corrected chi connectivity index (χ0v) is 11.5. The summed E-state index contributed by atoms with van der Waals surface area (Å²) in [5.74, 6) is 0.168. The van der Waals surface area contributed by atoms with Gasteiger partial charge in [-0.2, -0.15) is 0 Å². The molecule has 0 saturated carbocycles. The molecule has 1 atom stereocenters. The summed E-state index contributed by atoms with van der Waals surface area (Å²) in [7, 11) is 0. The molecule has 1 rings (SSSR count). The Labute approximate surface area is 109 Å². The van der Waals surface area contributed by atoms with Crippen LogP contribution < -0.4 is 5.32 Å². The lowest BCUT2D eigenvalue weighted by Crippen LogP contribution is -2.45. The van der Waals surface area contributed by atoms with Crippen LogP contribution >= 0.6 is 0 Å². The van der Waals surface area contributed by atoms with Gasteiger partial charge in [-0.25, -0.2) is 0 Å². The highest BCUT2D eigenvalue weighted by Gasteiger charge is 2.16. The summed E-state index contributed by atoms with van der Waals surface area (Å²) in [6, 6.07) is 5.75. The van der Waals surface area contributed by atoms with Crippen LogP contribution in [0.4, 0.5) is 0 Å². The van der Waals surface area contributed by atoms with Gasteiger partial charge < -0.3 is 10.2 Å². The molecule has 18 heavy (non-hydrogen) atoms. The van der Waals surface area contributed by atoms with Gasteiger partial charge in [-0.1, -0.05) is 6.07 Å². The summed E-state index contributed by atoms with van der Waals surface area (Å²) in [5, 5.41) is 3.25. The fourth-order valence-corrected chi connectivity index (χ4v) is 1.86. The second-order valence-corrected chi connectivity index (χ2v) is 4.26. The predicted molar refractivity (Wildman–Crippen MR) is 73.3 cm³/mol. The van der Waals surface area contributed by atoms with E-state index < -0.39 is 0 Å². The largest absolute Gasteiger partial charge is 0.342 e. The highest BCUT2D eigenvalue weighted by Crippen LogP contribution is 1.97. The lowest BCUT2D eigenvalue weighted by molar-refractivity contribution is -0.132. The maximum atomic E-state index is 12.0. The Hall–Kier alpha value is -1.42. The minimum atomic E-state index is -0.131. The number of nitrogens with zero attached hydrogens (tertiary/aromatic N) is 2. The summed E-state index contributed by atoms with van der Waals surface area (Å²) in [6.45, 7) is 8.22. The third-order valence-corrected chi connectivity index (χ3v) is 3.00. The van der Waals surface area contributed by atoms with Crippen molar-refractivity contribution in [1.82, 2.24) is 15.2 Å². The zero-order chi connectivity index (χ0) is 13.4. The smallest absolute Gasteiger partial charge is 0.239 e. The first-order valence-electron chi connectivity index (χ1n) is 6.61. The van der Waals surface area contributed by atoms with Gasteiger partial charge in [0, 0.05) is 37.9 Å². The van der Waals surface area contributed by atoms with E-state index in [1.54, 1.807) is 6.20 Å². The number of aromatic nitrogens is 1. The number of hydrogen-bond donors (Lipinski definition) is 1. The molecule has 0 aromatic carbocycles. The Morgan fingerprint density at radius 3 is 2.67 bits per heavy atom. The number of pyridine rings is 1. The molecule has 4 heteroatoms. The molecule has 0 saturated heterocycles. The fourth-order valence-electron chi connectivity index (χ4n) is 1.86. The van der Waals surface area contributed by atoms with Gasteiger partial charge in [-0.15, -0.1) is 0 Å². The first-order chi connectivity index (χ1) is 8.69. The molecule has 0 aliphatic carbocycles. The number of hydrogen-bond acceptors (Lipinski definition) is 3. The van der Waals surface area contributed by atoms with Crippen LogP contribution in [0.2, 0.25) is 0 Å². The van der Waals surface area contributed by atoms with Crippen LogP contribution in [-0.2, 0) is 11.2 Å². The minimum absolute atomic E-state index is 0.131. The van der Waals surface area contributed by atoms with E-state index in [0.717, 1.165) is 31.7 Å². The number of likely N-dealkylation sites (N-methyl/N-ethyl adjacent to an activating group) is 1. The monoisotopic (exact) mass is 249 g/mol. The van der Waals surface area contributed by atoms with Crippen molar-refractivity contribution >= 4 is 5.91 Å². The molecular formula is C14H23N3O. The van der Waals surface area contributed by atoms with E-state index in [1.165, 1.54) is 0 Å². The normalized spacial score (nSPS) is 12.2. The van der Waals surface area contributed by atoms with Crippen LogP contribution in [0.3, 0.4) is 0 Å². The molecule has 1 N–H and O–H groups in total. The van der Waals surface area contributed by atoms with Gasteiger partial charge in [0.25, 0.3) is 0 Å². The van der Waals surface area contributed by atoms with Crippen molar-refractivity contribution in [3.63, 3.8) is 0 Å². The molecule has 1 unspecified atom stereocenters. The quantitative estimate of drug-likeness (QED) is 0.796. The van der Waals surface area contributed by atoms with Crippen molar-refractivity contribution in [3.8, 4) is 0 Å². The van der Waals surface area contributed by atoms with E-state index in [1.807, 2.05) is 43.9 Å². The van der Waals surface area contributed by atoms with Crippen molar-refractivity contribution in [2.24, 2.45) is 0 Å². The second kappa shape index (κ2) is 7.82. The molecule has 0 bridgehead atoms. The lowest BCUT2D eigenvalue weighted by atomic mass is 10.2. The minimum Gasteiger partial charge on any atom is -0.342 e. The first-order valence-corrected chi connectivity index (χ1v) is 6.61. The van der Waals surface area contributed by atoms with Crippen molar-refractivity contribution in [2.75, 3.05) is 19.6 Å². The molecule has 0 radical (unpaired) electrons. The summed E-state index contributed by atoms with van der Waals surface area (Å²) in [5.41, 5.74) is 1.05. The summed E-state index contributed by atoms with van der Waals surface area (Å²) < 4.78 is 0. The average Bonchev–Trinajstić information content (AvgIpc) is 2.41.